The molecule has 2 heterocycles. The molecule has 0 radical (unpaired) electrons. The van der Waals surface area contributed by atoms with Gasteiger partial charge >= 0.3 is 0 Å². The van der Waals surface area contributed by atoms with Crippen molar-refractivity contribution in [3.63, 3.8) is 0 Å². The first-order chi connectivity index (χ1) is 9.19. The van der Waals surface area contributed by atoms with Crippen LogP contribution in [0.1, 0.15) is 12.7 Å². The molecule has 1 aliphatic rings. The maximum atomic E-state index is 4.56. The van der Waals surface area contributed by atoms with E-state index in [0.717, 1.165) is 43.6 Å². The Kier molecular flexibility index (Phi) is 4.74. The van der Waals surface area contributed by atoms with Crippen molar-refractivity contribution in [1.82, 2.24) is 15.3 Å². The Morgan fingerprint density at radius 1 is 1.58 bits per heavy atom. The fraction of sp³-hybridized carbons (Fsp3) is 0.571. The molecule has 2 rings (SSSR count). The van der Waals surface area contributed by atoms with Gasteiger partial charge in [-0.15, -0.1) is 6.58 Å². The molecule has 1 atom stereocenters. The summed E-state index contributed by atoms with van der Waals surface area (Å²) in [4.78, 5) is 11.3. The van der Waals surface area contributed by atoms with E-state index in [1.807, 2.05) is 19.1 Å². The Labute approximate surface area is 115 Å². The maximum Gasteiger partial charge on any atom is 0.134 e. The number of nitrogens with zero attached hydrogens (tertiary/aromatic N) is 3. The second-order valence-corrected chi connectivity index (χ2v) is 5.08. The molecule has 1 fully saturated rings. The molecule has 1 unspecified atom stereocenters. The van der Waals surface area contributed by atoms with Gasteiger partial charge in [-0.3, -0.25) is 0 Å². The molecule has 0 saturated carbocycles. The van der Waals surface area contributed by atoms with Crippen molar-refractivity contribution in [2.75, 3.05) is 42.9 Å². The topological polar surface area (TPSA) is 53.1 Å². The van der Waals surface area contributed by atoms with E-state index in [0.29, 0.717) is 12.5 Å². The Morgan fingerprint density at radius 3 is 3.21 bits per heavy atom. The molecule has 0 aromatic carbocycles. The lowest BCUT2D eigenvalue weighted by Crippen LogP contribution is -2.30. The second kappa shape index (κ2) is 6.52. The van der Waals surface area contributed by atoms with Crippen LogP contribution in [0.4, 0.5) is 11.6 Å². The van der Waals surface area contributed by atoms with E-state index >= 15 is 0 Å². The molecule has 2 N–H and O–H groups in total. The summed E-state index contributed by atoms with van der Waals surface area (Å²) >= 11 is 0. The first-order valence-corrected chi connectivity index (χ1v) is 6.85. The zero-order valence-electron chi connectivity index (χ0n) is 11.8. The van der Waals surface area contributed by atoms with Crippen molar-refractivity contribution in [1.29, 1.82) is 0 Å². The van der Waals surface area contributed by atoms with E-state index in [1.165, 1.54) is 0 Å². The number of rotatable bonds is 4. The van der Waals surface area contributed by atoms with Gasteiger partial charge in [0.2, 0.25) is 0 Å². The second-order valence-electron chi connectivity index (χ2n) is 5.08. The molecule has 1 aromatic rings. The first-order valence-electron chi connectivity index (χ1n) is 6.85. The highest BCUT2D eigenvalue weighted by Crippen LogP contribution is 2.18. The molecule has 1 aromatic heterocycles. The van der Waals surface area contributed by atoms with Gasteiger partial charge in [0.05, 0.1) is 0 Å². The number of nitrogens with one attached hydrogen (secondary N) is 2. The normalized spacial score (nSPS) is 19.9. The van der Waals surface area contributed by atoms with Gasteiger partial charge in [-0.1, -0.05) is 13.0 Å². The van der Waals surface area contributed by atoms with Crippen molar-refractivity contribution in [3.8, 4) is 0 Å². The highest BCUT2D eigenvalue weighted by atomic mass is 15.2. The first kappa shape index (κ1) is 13.8. The largest absolute Gasteiger partial charge is 0.366 e. The van der Waals surface area contributed by atoms with Crippen molar-refractivity contribution in [2.45, 2.75) is 13.8 Å². The molecule has 1 saturated heterocycles. The van der Waals surface area contributed by atoms with Crippen LogP contribution in [0.15, 0.2) is 18.7 Å². The highest BCUT2D eigenvalue weighted by Gasteiger charge is 2.16. The molecule has 19 heavy (non-hydrogen) atoms. The lowest BCUT2D eigenvalue weighted by atomic mass is 10.2. The third kappa shape index (κ3) is 3.92. The van der Waals surface area contributed by atoms with Gasteiger partial charge < -0.3 is 15.5 Å². The summed E-state index contributed by atoms with van der Waals surface area (Å²) in [5.41, 5.74) is 0. The lowest BCUT2D eigenvalue weighted by molar-refractivity contribution is 0.562. The Balaban J connectivity index is 2.17. The minimum absolute atomic E-state index is 0.627. The number of hydrogen-bond acceptors (Lipinski definition) is 5. The van der Waals surface area contributed by atoms with Crippen molar-refractivity contribution in [2.24, 2.45) is 5.92 Å². The molecular weight excluding hydrogens is 238 g/mol. The predicted octanol–water partition coefficient (Wildman–Crippen LogP) is 1.43. The monoisotopic (exact) mass is 261 g/mol. The molecule has 0 aliphatic carbocycles. The molecule has 0 bridgehead atoms. The van der Waals surface area contributed by atoms with Crippen LogP contribution in [0, 0.1) is 12.8 Å². The van der Waals surface area contributed by atoms with Gasteiger partial charge in [0, 0.05) is 32.2 Å². The third-order valence-electron chi connectivity index (χ3n) is 3.16. The van der Waals surface area contributed by atoms with Gasteiger partial charge in [0.25, 0.3) is 0 Å². The van der Waals surface area contributed by atoms with Crippen LogP contribution in [0.5, 0.6) is 0 Å². The number of aromatic nitrogens is 2. The molecule has 0 spiro atoms. The third-order valence-corrected chi connectivity index (χ3v) is 3.16. The van der Waals surface area contributed by atoms with Gasteiger partial charge in [-0.05, 0) is 19.4 Å². The SMILES string of the molecule is C=CCNc1cc(N2CCNCC(C)C2)nc(C)n1. The zero-order valence-corrected chi connectivity index (χ0v) is 11.8. The Morgan fingerprint density at radius 2 is 2.42 bits per heavy atom. The minimum atomic E-state index is 0.627. The summed E-state index contributed by atoms with van der Waals surface area (Å²) in [7, 11) is 0. The van der Waals surface area contributed by atoms with E-state index < -0.39 is 0 Å². The maximum absolute atomic E-state index is 4.56. The quantitative estimate of drug-likeness (QED) is 0.803. The van der Waals surface area contributed by atoms with Crippen LogP contribution in [0.2, 0.25) is 0 Å². The fourth-order valence-corrected chi connectivity index (χ4v) is 2.28. The van der Waals surface area contributed by atoms with Gasteiger partial charge in [0.1, 0.15) is 17.5 Å². The Bertz CT molecular complexity index is 432. The standard InChI is InChI=1S/C14H23N5/c1-4-5-16-13-8-14(18-12(3)17-13)19-7-6-15-9-11(2)10-19/h4,8,11,15H,1,5-7,9-10H2,2-3H3,(H,16,17,18). The summed E-state index contributed by atoms with van der Waals surface area (Å²) < 4.78 is 0. The number of hydrogen-bond donors (Lipinski definition) is 2. The fourth-order valence-electron chi connectivity index (χ4n) is 2.28. The van der Waals surface area contributed by atoms with Crippen LogP contribution in [0.3, 0.4) is 0 Å². The molecule has 1 aliphatic heterocycles. The van der Waals surface area contributed by atoms with Gasteiger partial charge in [-0.25, -0.2) is 9.97 Å². The molecule has 5 nitrogen and oxygen atoms in total. The Hall–Kier alpha value is -1.62. The summed E-state index contributed by atoms with van der Waals surface area (Å²) in [5.74, 6) is 3.30. The van der Waals surface area contributed by atoms with Crippen LogP contribution >= 0.6 is 0 Å². The van der Waals surface area contributed by atoms with Gasteiger partial charge in [-0.2, -0.15) is 0 Å². The van der Waals surface area contributed by atoms with Crippen LogP contribution < -0.4 is 15.5 Å². The zero-order chi connectivity index (χ0) is 13.7. The van der Waals surface area contributed by atoms with E-state index in [2.05, 4.69) is 39.0 Å². The van der Waals surface area contributed by atoms with Gasteiger partial charge in [0.15, 0.2) is 0 Å². The smallest absolute Gasteiger partial charge is 0.134 e. The van der Waals surface area contributed by atoms with Crippen molar-refractivity contribution >= 4 is 11.6 Å². The summed E-state index contributed by atoms with van der Waals surface area (Å²) in [6.07, 6.45) is 1.83. The van der Waals surface area contributed by atoms with Crippen LogP contribution in [-0.4, -0.2) is 42.7 Å². The van der Waals surface area contributed by atoms with Crippen LogP contribution in [-0.2, 0) is 0 Å². The lowest BCUT2D eigenvalue weighted by Gasteiger charge is -2.24. The van der Waals surface area contributed by atoms with E-state index in [-0.39, 0.29) is 0 Å². The minimum Gasteiger partial charge on any atom is -0.366 e. The van der Waals surface area contributed by atoms with Crippen molar-refractivity contribution < 1.29 is 0 Å². The average Bonchev–Trinajstić information content (AvgIpc) is 2.60. The van der Waals surface area contributed by atoms with E-state index in [4.69, 9.17) is 0 Å². The highest BCUT2D eigenvalue weighted by molar-refractivity contribution is 5.49. The molecular formula is C14H23N5. The predicted molar refractivity (Wildman–Crippen MR) is 79.7 cm³/mol. The summed E-state index contributed by atoms with van der Waals surface area (Å²) in [6, 6.07) is 2.02. The molecule has 5 heteroatoms. The van der Waals surface area contributed by atoms with Crippen molar-refractivity contribution in [3.05, 3.63) is 24.5 Å². The molecule has 104 valence electrons. The van der Waals surface area contributed by atoms with E-state index in [9.17, 15) is 0 Å². The van der Waals surface area contributed by atoms with Crippen LogP contribution in [0.25, 0.3) is 0 Å². The van der Waals surface area contributed by atoms with E-state index in [1.54, 1.807) is 0 Å². The molecule has 0 amide bonds. The summed E-state index contributed by atoms with van der Waals surface area (Å²) in [6.45, 7) is 12.7. The average molecular weight is 261 g/mol. The summed E-state index contributed by atoms with van der Waals surface area (Å²) in [5, 5.41) is 6.68. The number of anilines is 2. The number of aryl methyl sites for hydroxylation is 1.